The molecule has 11 heteroatoms. The van der Waals surface area contributed by atoms with Gasteiger partial charge in [0.05, 0.1) is 12.1 Å². The first kappa shape index (κ1) is 20.7. The van der Waals surface area contributed by atoms with Crippen LogP contribution in [0.25, 0.3) is 20.7 Å². The zero-order chi connectivity index (χ0) is 22.1. The standard InChI is InChI=1S/C21H23N7O3S/c1-31-13-27-18(23-24-25-27)12-26-16-11-17(14-5-3-2-4-6-14)32-19(16)20(29)28(21(26)30)15-7-9-22-10-8-15/h2-6,11,15,22H,7-10,12-13H2,1H3. The Bertz CT molecular complexity index is 1350. The average Bonchev–Trinajstić information content (AvgIpc) is 3.46. The van der Waals surface area contributed by atoms with Gasteiger partial charge in [-0.05, 0) is 48.0 Å². The minimum atomic E-state index is -0.334. The molecule has 0 aliphatic carbocycles. The Morgan fingerprint density at radius 3 is 2.72 bits per heavy atom. The molecule has 1 aliphatic rings. The number of ether oxygens (including phenoxy) is 1. The molecule has 32 heavy (non-hydrogen) atoms. The van der Waals surface area contributed by atoms with Gasteiger partial charge in [-0.25, -0.2) is 9.48 Å². The molecule has 1 aliphatic heterocycles. The van der Waals surface area contributed by atoms with Gasteiger partial charge in [-0.3, -0.25) is 13.9 Å². The molecule has 1 saturated heterocycles. The maximum absolute atomic E-state index is 13.6. The van der Waals surface area contributed by atoms with Gasteiger partial charge in [0.25, 0.3) is 5.56 Å². The number of aromatic nitrogens is 6. The van der Waals surface area contributed by atoms with E-state index in [1.54, 1.807) is 11.7 Å². The second kappa shape index (κ2) is 8.77. The van der Waals surface area contributed by atoms with E-state index in [2.05, 4.69) is 20.8 Å². The molecule has 10 nitrogen and oxygen atoms in total. The van der Waals surface area contributed by atoms with Crippen molar-refractivity contribution in [1.82, 2.24) is 34.7 Å². The molecule has 0 saturated carbocycles. The van der Waals surface area contributed by atoms with Gasteiger partial charge in [0.2, 0.25) is 0 Å². The molecule has 4 aromatic rings. The van der Waals surface area contributed by atoms with Gasteiger partial charge in [0, 0.05) is 18.0 Å². The van der Waals surface area contributed by atoms with E-state index >= 15 is 0 Å². The molecule has 0 unspecified atom stereocenters. The van der Waals surface area contributed by atoms with Crippen molar-refractivity contribution in [1.29, 1.82) is 0 Å². The summed E-state index contributed by atoms with van der Waals surface area (Å²) in [7, 11) is 1.55. The van der Waals surface area contributed by atoms with E-state index in [9.17, 15) is 9.59 Å². The fourth-order valence-corrected chi connectivity index (χ4v) is 5.25. The quantitative estimate of drug-likeness (QED) is 0.471. The lowest BCUT2D eigenvalue weighted by molar-refractivity contribution is 0.116. The van der Waals surface area contributed by atoms with Crippen LogP contribution in [-0.2, 0) is 18.0 Å². The van der Waals surface area contributed by atoms with Gasteiger partial charge in [-0.2, -0.15) is 0 Å². The zero-order valence-electron chi connectivity index (χ0n) is 17.6. The summed E-state index contributed by atoms with van der Waals surface area (Å²) in [6, 6.07) is 11.6. The first-order chi connectivity index (χ1) is 15.7. The third-order valence-electron chi connectivity index (χ3n) is 5.74. The van der Waals surface area contributed by atoms with Crippen molar-refractivity contribution in [3.05, 3.63) is 63.1 Å². The van der Waals surface area contributed by atoms with Crippen LogP contribution in [0.2, 0.25) is 0 Å². The van der Waals surface area contributed by atoms with E-state index in [1.165, 1.54) is 20.6 Å². The molecule has 4 heterocycles. The van der Waals surface area contributed by atoms with E-state index < -0.39 is 0 Å². The minimum absolute atomic E-state index is 0.135. The smallest absolute Gasteiger partial charge is 0.332 e. The highest BCUT2D eigenvalue weighted by molar-refractivity contribution is 7.22. The lowest BCUT2D eigenvalue weighted by Gasteiger charge is -2.24. The number of thiophene rings is 1. The van der Waals surface area contributed by atoms with Crippen molar-refractivity contribution >= 4 is 21.6 Å². The SMILES string of the molecule is COCn1nnnc1Cn1c(=O)n(C2CCNCC2)c(=O)c2sc(-c3ccccc3)cc21. The highest BCUT2D eigenvalue weighted by Crippen LogP contribution is 2.31. The Hall–Kier alpha value is -3.15. The Morgan fingerprint density at radius 2 is 1.97 bits per heavy atom. The van der Waals surface area contributed by atoms with Crippen molar-refractivity contribution in [2.75, 3.05) is 20.2 Å². The number of rotatable bonds is 6. The summed E-state index contributed by atoms with van der Waals surface area (Å²) in [5.74, 6) is 0.484. The highest BCUT2D eigenvalue weighted by Gasteiger charge is 2.24. The Balaban J connectivity index is 1.72. The Kier molecular flexibility index (Phi) is 5.68. The number of tetrazole rings is 1. The van der Waals surface area contributed by atoms with E-state index in [4.69, 9.17) is 4.74 Å². The van der Waals surface area contributed by atoms with Crippen LogP contribution in [0.1, 0.15) is 24.7 Å². The van der Waals surface area contributed by atoms with Crippen LogP contribution in [-0.4, -0.2) is 49.5 Å². The molecule has 1 aromatic carbocycles. The minimum Gasteiger partial charge on any atom is -0.362 e. The first-order valence-electron chi connectivity index (χ1n) is 10.5. The normalized spacial score (nSPS) is 14.9. The fraction of sp³-hybridized carbons (Fsp3) is 0.381. The predicted octanol–water partition coefficient (Wildman–Crippen LogP) is 1.45. The predicted molar refractivity (Wildman–Crippen MR) is 121 cm³/mol. The molecule has 0 radical (unpaired) electrons. The third-order valence-corrected chi connectivity index (χ3v) is 6.90. The maximum atomic E-state index is 13.6. The van der Waals surface area contributed by atoms with Crippen LogP contribution in [0.15, 0.2) is 46.0 Å². The maximum Gasteiger partial charge on any atom is 0.332 e. The molecule has 0 amide bonds. The van der Waals surface area contributed by atoms with Gasteiger partial charge in [0.1, 0.15) is 11.4 Å². The van der Waals surface area contributed by atoms with E-state index in [1.807, 2.05) is 36.4 Å². The number of piperidine rings is 1. The van der Waals surface area contributed by atoms with Crippen molar-refractivity contribution in [3.8, 4) is 10.4 Å². The number of hydrogen-bond donors (Lipinski definition) is 1. The van der Waals surface area contributed by atoms with E-state index in [0.717, 1.165) is 36.4 Å². The number of fused-ring (bicyclic) bond motifs is 1. The van der Waals surface area contributed by atoms with Crippen LogP contribution in [0.4, 0.5) is 0 Å². The second-order valence-electron chi connectivity index (χ2n) is 7.73. The largest absolute Gasteiger partial charge is 0.362 e. The monoisotopic (exact) mass is 453 g/mol. The van der Waals surface area contributed by atoms with Crippen molar-refractivity contribution < 1.29 is 4.74 Å². The van der Waals surface area contributed by atoms with Crippen LogP contribution in [0.3, 0.4) is 0 Å². The molecule has 166 valence electrons. The average molecular weight is 454 g/mol. The summed E-state index contributed by atoms with van der Waals surface area (Å²) in [4.78, 5) is 28.1. The lowest BCUT2D eigenvalue weighted by atomic mass is 10.1. The van der Waals surface area contributed by atoms with E-state index in [0.29, 0.717) is 16.0 Å². The fourth-order valence-electron chi connectivity index (χ4n) is 4.15. The number of nitrogens with zero attached hydrogens (tertiary/aromatic N) is 6. The molecule has 5 rings (SSSR count). The van der Waals surface area contributed by atoms with Gasteiger partial charge >= 0.3 is 5.69 Å². The van der Waals surface area contributed by atoms with Gasteiger partial charge < -0.3 is 10.1 Å². The number of hydrogen-bond acceptors (Lipinski definition) is 8. The molecule has 1 fully saturated rings. The summed E-state index contributed by atoms with van der Waals surface area (Å²) in [6.45, 7) is 1.87. The molecule has 3 aromatic heterocycles. The van der Waals surface area contributed by atoms with E-state index in [-0.39, 0.29) is 30.6 Å². The zero-order valence-corrected chi connectivity index (χ0v) is 18.4. The van der Waals surface area contributed by atoms with Crippen molar-refractivity contribution in [2.24, 2.45) is 0 Å². The van der Waals surface area contributed by atoms with Crippen LogP contribution in [0, 0.1) is 0 Å². The van der Waals surface area contributed by atoms with Crippen molar-refractivity contribution in [3.63, 3.8) is 0 Å². The number of methoxy groups -OCH3 is 1. The molecular formula is C21H23N7O3S. The Morgan fingerprint density at radius 1 is 1.19 bits per heavy atom. The van der Waals surface area contributed by atoms with Crippen LogP contribution >= 0.6 is 11.3 Å². The number of benzene rings is 1. The highest BCUT2D eigenvalue weighted by atomic mass is 32.1. The Labute approximate surface area is 187 Å². The summed E-state index contributed by atoms with van der Waals surface area (Å²) in [6.07, 6.45) is 1.47. The summed E-state index contributed by atoms with van der Waals surface area (Å²) < 4.78 is 10.3. The van der Waals surface area contributed by atoms with Crippen LogP contribution < -0.4 is 16.6 Å². The summed E-state index contributed by atoms with van der Waals surface area (Å²) in [5, 5.41) is 15.0. The molecule has 0 spiro atoms. The van der Waals surface area contributed by atoms with Gasteiger partial charge in [-0.1, -0.05) is 30.3 Å². The second-order valence-corrected chi connectivity index (χ2v) is 8.78. The molecule has 0 atom stereocenters. The molecular weight excluding hydrogens is 430 g/mol. The lowest BCUT2D eigenvalue weighted by Crippen LogP contribution is -2.45. The summed E-state index contributed by atoms with van der Waals surface area (Å²) in [5.41, 5.74) is 1.04. The third kappa shape index (κ3) is 3.68. The number of nitrogens with one attached hydrogen (secondary N) is 1. The molecule has 1 N–H and O–H groups in total. The van der Waals surface area contributed by atoms with Gasteiger partial charge in [-0.15, -0.1) is 16.4 Å². The van der Waals surface area contributed by atoms with Crippen molar-refractivity contribution in [2.45, 2.75) is 32.2 Å². The molecule has 0 bridgehead atoms. The first-order valence-corrected chi connectivity index (χ1v) is 11.3. The van der Waals surface area contributed by atoms with Gasteiger partial charge in [0.15, 0.2) is 5.82 Å². The summed E-state index contributed by atoms with van der Waals surface area (Å²) >= 11 is 1.41. The van der Waals surface area contributed by atoms with Crippen LogP contribution in [0.5, 0.6) is 0 Å². The topological polar surface area (TPSA) is 109 Å².